The van der Waals surface area contributed by atoms with E-state index in [1.165, 1.54) is 18.6 Å². The number of fused-ring (bicyclic) bond motifs is 1. The number of amides is 5. The third-order valence-electron chi connectivity index (χ3n) is 10.7. The van der Waals surface area contributed by atoms with Crippen molar-refractivity contribution in [1.29, 1.82) is 0 Å². The predicted octanol–water partition coefficient (Wildman–Crippen LogP) is 2.45. The van der Waals surface area contributed by atoms with E-state index in [0.717, 1.165) is 64.2 Å². The van der Waals surface area contributed by atoms with Crippen LogP contribution in [0, 0.1) is 23.2 Å². The summed E-state index contributed by atoms with van der Waals surface area (Å²) >= 11 is 0. The van der Waals surface area contributed by atoms with Gasteiger partial charge in [-0.2, -0.15) is 0 Å². The number of aromatic nitrogens is 2. The molecule has 2 heterocycles. The summed E-state index contributed by atoms with van der Waals surface area (Å²) < 4.78 is 0. The standard InChI is InChI=1S/C36H53N7O6/c1-5-10-25(29(44)34(48)39-23-15-16-23)40-33(47)28-24-14-9-13-22(24)20-43(28)35(49)30(36(2,3)4)42-32(46)27(21-11-7-6-8-12-21)41-31(45)26-19-37-17-18-38-26/h17-19,21-25,27-28,30H,5-16,20H2,1-4H3,(H,39,48)(H,40,47)(H,41,45)(H,42,46)/t22?,24-,25+,27+,28+,30-/m0/s1. The lowest BCUT2D eigenvalue weighted by Gasteiger charge is -2.38. The SMILES string of the molecule is CCC[C@@H](NC(=O)[C@H]1[C@H]2CCCC2CN1C(=O)[C@H](NC(=O)[C@H](NC(=O)c1cnccn1)C1CCCCC1)C(C)(C)C)C(=O)C(=O)NC1CC1. The molecule has 1 aromatic heterocycles. The van der Waals surface area contributed by atoms with Crippen molar-refractivity contribution in [2.24, 2.45) is 23.2 Å². The van der Waals surface area contributed by atoms with Gasteiger partial charge in [-0.05, 0) is 68.1 Å². The summed E-state index contributed by atoms with van der Waals surface area (Å²) in [5.74, 6) is -3.20. The number of Topliss-reactive ketones (excluding diaryl/α,β-unsaturated/α-hetero) is 1. The Morgan fingerprint density at radius 2 is 1.63 bits per heavy atom. The van der Waals surface area contributed by atoms with Crippen molar-refractivity contribution in [1.82, 2.24) is 36.1 Å². The average Bonchev–Trinajstić information content (AvgIpc) is 3.65. The van der Waals surface area contributed by atoms with Crippen LogP contribution in [0.4, 0.5) is 0 Å². The van der Waals surface area contributed by atoms with E-state index >= 15 is 0 Å². The summed E-state index contributed by atoms with van der Waals surface area (Å²) in [6, 6.07) is -3.68. The van der Waals surface area contributed by atoms with Crippen molar-refractivity contribution >= 4 is 35.3 Å². The number of hydrogen-bond donors (Lipinski definition) is 4. The molecule has 3 saturated carbocycles. The number of likely N-dealkylation sites (tertiary alicyclic amines) is 1. The molecule has 6 atom stereocenters. The summed E-state index contributed by atoms with van der Waals surface area (Å²) in [4.78, 5) is 91.4. The van der Waals surface area contributed by atoms with Gasteiger partial charge in [0, 0.05) is 25.0 Å². The molecule has 268 valence electrons. The second-order valence-corrected chi connectivity index (χ2v) is 15.5. The second kappa shape index (κ2) is 15.8. The molecule has 0 spiro atoms. The van der Waals surface area contributed by atoms with Crippen LogP contribution < -0.4 is 21.3 Å². The van der Waals surface area contributed by atoms with Gasteiger partial charge in [0.25, 0.3) is 11.8 Å². The number of nitrogens with one attached hydrogen (secondary N) is 4. The maximum atomic E-state index is 14.6. The first-order valence-electron chi connectivity index (χ1n) is 18.2. The van der Waals surface area contributed by atoms with Gasteiger partial charge in [0.2, 0.25) is 23.5 Å². The number of nitrogens with zero attached hydrogens (tertiary/aromatic N) is 3. The average molecular weight is 680 g/mol. The minimum Gasteiger partial charge on any atom is -0.347 e. The second-order valence-electron chi connectivity index (χ2n) is 15.5. The van der Waals surface area contributed by atoms with Crippen LogP contribution in [0.2, 0.25) is 0 Å². The van der Waals surface area contributed by atoms with Crippen molar-refractivity contribution in [3.05, 3.63) is 24.3 Å². The van der Waals surface area contributed by atoms with Crippen LogP contribution in [0.25, 0.3) is 0 Å². The highest BCUT2D eigenvalue weighted by Crippen LogP contribution is 2.43. The molecule has 1 aromatic rings. The van der Waals surface area contributed by atoms with E-state index in [1.54, 1.807) is 4.90 Å². The molecule has 1 aliphatic heterocycles. The van der Waals surface area contributed by atoms with Crippen molar-refractivity contribution in [3.8, 4) is 0 Å². The van der Waals surface area contributed by atoms with E-state index < -0.39 is 59.0 Å². The molecule has 4 N–H and O–H groups in total. The van der Waals surface area contributed by atoms with Crippen LogP contribution in [-0.2, 0) is 24.0 Å². The minimum absolute atomic E-state index is 0.0132. The molecule has 3 aliphatic carbocycles. The number of rotatable bonds is 13. The largest absolute Gasteiger partial charge is 0.347 e. The Hall–Kier alpha value is -3.90. The fourth-order valence-corrected chi connectivity index (χ4v) is 7.87. The Balaban J connectivity index is 1.36. The van der Waals surface area contributed by atoms with Crippen molar-refractivity contribution in [3.63, 3.8) is 0 Å². The molecular formula is C36H53N7O6. The van der Waals surface area contributed by atoms with E-state index in [2.05, 4.69) is 31.2 Å². The third-order valence-corrected chi connectivity index (χ3v) is 10.7. The molecular weight excluding hydrogens is 626 g/mol. The van der Waals surface area contributed by atoms with Gasteiger partial charge in [-0.15, -0.1) is 0 Å². The Labute approximate surface area is 288 Å². The predicted molar refractivity (Wildman–Crippen MR) is 181 cm³/mol. The normalized spacial score (nSPS) is 24.2. The smallest absolute Gasteiger partial charge is 0.289 e. The summed E-state index contributed by atoms with van der Waals surface area (Å²) in [6.07, 6.45) is 13.9. The first-order valence-corrected chi connectivity index (χ1v) is 18.2. The third kappa shape index (κ3) is 8.83. The Morgan fingerprint density at radius 3 is 2.27 bits per heavy atom. The first-order chi connectivity index (χ1) is 23.4. The van der Waals surface area contributed by atoms with Gasteiger partial charge in [0.05, 0.1) is 12.2 Å². The zero-order valence-corrected chi connectivity index (χ0v) is 29.3. The quantitative estimate of drug-likeness (QED) is 0.230. The summed E-state index contributed by atoms with van der Waals surface area (Å²) in [5.41, 5.74) is -0.638. The van der Waals surface area contributed by atoms with Gasteiger partial charge < -0.3 is 26.2 Å². The van der Waals surface area contributed by atoms with Crippen molar-refractivity contribution < 1.29 is 28.8 Å². The van der Waals surface area contributed by atoms with E-state index in [-0.39, 0.29) is 35.4 Å². The van der Waals surface area contributed by atoms with Crippen LogP contribution in [0.15, 0.2) is 18.6 Å². The Bertz CT molecular complexity index is 1390. The molecule has 4 aliphatic rings. The van der Waals surface area contributed by atoms with Gasteiger partial charge in [-0.1, -0.05) is 59.8 Å². The lowest BCUT2D eigenvalue weighted by atomic mass is 9.82. The highest BCUT2D eigenvalue weighted by molar-refractivity contribution is 6.38. The van der Waals surface area contributed by atoms with E-state index in [9.17, 15) is 28.8 Å². The van der Waals surface area contributed by atoms with E-state index in [4.69, 9.17) is 0 Å². The fourth-order valence-electron chi connectivity index (χ4n) is 7.87. The highest BCUT2D eigenvalue weighted by Gasteiger charge is 2.52. The van der Waals surface area contributed by atoms with E-state index in [0.29, 0.717) is 19.4 Å². The van der Waals surface area contributed by atoms with Gasteiger partial charge in [-0.3, -0.25) is 33.8 Å². The number of carbonyl (C=O) groups is 6. The maximum absolute atomic E-state index is 14.6. The molecule has 4 fully saturated rings. The molecule has 1 unspecified atom stereocenters. The first kappa shape index (κ1) is 36.4. The minimum atomic E-state index is -0.994. The zero-order valence-electron chi connectivity index (χ0n) is 29.3. The number of ketones is 1. The lowest BCUT2D eigenvalue weighted by Crippen LogP contribution is -2.62. The lowest BCUT2D eigenvalue weighted by molar-refractivity contribution is -0.146. The summed E-state index contributed by atoms with van der Waals surface area (Å²) in [5, 5.41) is 11.5. The van der Waals surface area contributed by atoms with Crippen molar-refractivity contribution in [2.45, 2.75) is 135 Å². The van der Waals surface area contributed by atoms with Crippen LogP contribution in [-0.4, -0.2) is 86.9 Å². The van der Waals surface area contributed by atoms with Crippen LogP contribution >= 0.6 is 0 Å². The molecule has 0 aromatic carbocycles. The monoisotopic (exact) mass is 679 g/mol. The molecule has 49 heavy (non-hydrogen) atoms. The summed E-state index contributed by atoms with van der Waals surface area (Å²) in [7, 11) is 0. The maximum Gasteiger partial charge on any atom is 0.289 e. The van der Waals surface area contributed by atoms with Crippen LogP contribution in [0.1, 0.15) is 115 Å². The molecule has 0 bridgehead atoms. The van der Waals surface area contributed by atoms with Crippen molar-refractivity contribution in [2.75, 3.05) is 6.54 Å². The van der Waals surface area contributed by atoms with Gasteiger partial charge in [0.1, 0.15) is 23.8 Å². The molecule has 1 saturated heterocycles. The van der Waals surface area contributed by atoms with Gasteiger partial charge in [-0.25, -0.2) is 4.98 Å². The molecule has 5 amide bonds. The number of carbonyl (C=O) groups excluding carboxylic acids is 6. The molecule has 13 nitrogen and oxygen atoms in total. The van der Waals surface area contributed by atoms with Gasteiger partial charge in [0.15, 0.2) is 0 Å². The highest BCUT2D eigenvalue weighted by atomic mass is 16.2. The van der Waals surface area contributed by atoms with Crippen LogP contribution in [0.3, 0.4) is 0 Å². The zero-order chi connectivity index (χ0) is 35.3. The van der Waals surface area contributed by atoms with E-state index in [1.807, 2.05) is 27.7 Å². The fraction of sp³-hybridized carbons (Fsp3) is 0.722. The van der Waals surface area contributed by atoms with Crippen LogP contribution in [0.5, 0.6) is 0 Å². The Kier molecular flexibility index (Phi) is 11.7. The number of hydrogen-bond acceptors (Lipinski definition) is 8. The Morgan fingerprint density at radius 1 is 0.898 bits per heavy atom. The molecule has 13 heteroatoms. The summed E-state index contributed by atoms with van der Waals surface area (Å²) in [6.45, 7) is 7.85. The van der Waals surface area contributed by atoms with Gasteiger partial charge >= 0.3 is 0 Å². The molecule has 0 radical (unpaired) electrons. The topological polar surface area (TPSA) is 180 Å². The molecule has 5 rings (SSSR count).